The Hall–Kier alpha value is -1.67. The van der Waals surface area contributed by atoms with Crippen molar-refractivity contribution in [1.29, 1.82) is 0 Å². The van der Waals surface area contributed by atoms with Crippen molar-refractivity contribution >= 4 is 5.97 Å². The minimum absolute atomic E-state index is 0.00136. The maximum atomic E-state index is 12.5. The van der Waals surface area contributed by atoms with Gasteiger partial charge in [-0.2, -0.15) is 0 Å². The molecule has 0 saturated carbocycles. The van der Waals surface area contributed by atoms with E-state index in [2.05, 4.69) is 27.7 Å². The molecule has 6 unspecified atom stereocenters. The summed E-state index contributed by atoms with van der Waals surface area (Å²) in [6, 6.07) is 9.76. The Labute approximate surface area is 267 Å². The molecule has 4 saturated heterocycles. The van der Waals surface area contributed by atoms with Crippen molar-refractivity contribution in [3.05, 3.63) is 35.9 Å². The zero-order valence-corrected chi connectivity index (χ0v) is 28.0. The van der Waals surface area contributed by atoms with Crippen molar-refractivity contribution in [3.8, 4) is 0 Å². The zero-order valence-electron chi connectivity index (χ0n) is 28.0. The molecule has 11 nitrogen and oxygen atoms in total. The van der Waals surface area contributed by atoms with Crippen LogP contribution < -0.4 is 0 Å². The maximum absolute atomic E-state index is 12.5. The van der Waals surface area contributed by atoms with E-state index in [9.17, 15) is 9.90 Å². The predicted octanol–water partition coefficient (Wildman–Crippen LogP) is 4.32. The fourth-order valence-corrected chi connectivity index (χ4v) is 6.97. The molecule has 1 N–H and O–H groups in total. The molecule has 0 aromatic heterocycles. The van der Waals surface area contributed by atoms with Crippen LogP contribution in [0.3, 0.4) is 0 Å². The van der Waals surface area contributed by atoms with Crippen LogP contribution in [0.4, 0.5) is 0 Å². The topological polar surface area (TPSA) is 120 Å². The van der Waals surface area contributed by atoms with Crippen molar-refractivity contribution in [2.45, 2.75) is 155 Å². The summed E-state index contributed by atoms with van der Waals surface area (Å²) >= 11 is 0. The Balaban J connectivity index is 1.42. The summed E-state index contributed by atoms with van der Waals surface area (Å²) in [6.45, 7) is 17.4. The van der Waals surface area contributed by atoms with E-state index in [1.807, 2.05) is 51.1 Å². The molecule has 4 heterocycles. The second-order valence-electron chi connectivity index (χ2n) is 13.6. The molecule has 0 radical (unpaired) electrons. The minimum Gasteiger partial charge on any atom is -0.454 e. The van der Waals surface area contributed by atoms with Gasteiger partial charge in [0.25, 0.3) is 0 Å². The van der Waals surface area contributed by atoms with Crippen molar-refractivity contribution in [2.75, 3.05) is 0 Å². The average molecular weight is 637 g/mol. The van der Waals surface area contributed by atoms with Gasteiger partial charge < -0.3 is 47.7 Å². The lowest BCUT2D eigenvalue weighted by molar-refractivity contribution is -0.372. The molecule has 45 heavy (non-hydrogen) atoms. The smallest absolute Gasteiger partial charge is 0.303 e. The van der Waals surface area contributed by atoms with Crippen LogP contribution in [0.25, 0.3) is 0 Å². The van der Waals surface area contributed by atoms with Gasteiger partial charge >= 0.3 is 5.97 Å². The molecule has 4 fully saturated rings. The number of esters is 1. The number of fused-ring (bicyclic) bond motifs is 1. The maximum Gasteiger partial charge on any atom is 0.303 e. The largest absolute Gasteiger partial charge is 0.454 e. The number of carbonyl (C=O) groups is 1. The van der Waals surface area contributed by atoms with Crippen LogP contribution in [-0.2, 0) is 54.0 Å². The number of rotatable bonds is 9. The number of hydrogen-bond donors (Lipinski definition) is 1. The molecule has 0 bridgehead atoms. The molecule has 4 aliphatic heterocycles. The Morgan fingerprint density at radius 2 is 1.44 bits per heavy atom. The van der Waals surface area contributed by atoms with Gasteiger partial charge in [-0.05, 0) is 51.5 Å². The summed E-state index contributed by atoms with van der Waals surface area (Å²) in [5.74, 6) is -0.772. The number of aliphatic hydroxyl groups excluding tert-OH is 1. The number of benzene rings is 1. The van der Waals surface area contributed by atoms with Crippen LogP contribution in [-0.4, -0.2) is 90.7 Å². The van der Waals surface area contributed by atoms with Crippen LogP contribution >= 0.6 is 0 Å². The third kappa shape index (κ3) is 7.58. The molecular formula is C34H52O11. The quantitative estimate of drug-likeness (QED) is 0.390. The summed E-state index contributed by atoms with van der Waals surface area (Å²) in [5, 5.41) is 11.4. The molecular weight excluding hydrogens is 584 g/mol. The number of hydrogen-bond acceptors (Lipinski definition) is 11. The van der Waals surface area contributed by atoms with Crippen molar-refractivity contribution in [1.82, 2.24) is 0 Å². The van der Waals surface area contributed by atoms with Gasteiger partial charge in [0.2, 0.25) is 0 Å². The Morgan fingerprint density at radius 3 is 2.11 bits per heavy atom. The van der Waals surface area contributed by atoms with E-state index >= 15 is 0 Å². The second kappa shape index (κ2) is 14.2. The van der Waals surface area contributed by atoms with Gasteiger partial charge in [0, 0.05) is 12.8 Å². The van der Waals surface area contributed by atoms with Crippen molar-refractivity contribution in [3.63, 3.8) is 0 Å². The SMILES string of the molecule is CCC1O[C@@H](O[C@@H]2C(OC(C)=O)[C@H](OC3[C@@H](OCc4ccccc4)OC(C)[C@@H]4OC(C)(C)O[C@H]34)OC(C)[C@@H]2O)C(C)[C@@H](C)[C@@H]1C. The lowest BCUT2D eigenvalue weighted by Gasteiger charge is -2.49. The van der Waals surface area contributed by atoms with E-state index in [0.717, 1.165) is 12.0 Å². The monoisotopic (exact) mass is 636 g/mol. The van der Waals surface area contributed by atoms with Gasteiger partial charge in [-0.1, -0.05) is 58.0 Å². The molecule has 1 aromatic rings. The lowest BCUT2D eigenvalue weighted by Crippen LogP contribution is -2.64. The molecule has 1 aromatic carbocycles. The summed E-state index contributed by atoms with van der Waals surface area (Å²) in [7, 11) is 0. The Kier molecular flexibility index (Phi) is 10.9. The highest BCUT2D eigenvalue weighted by atomic mass is 16.8. The summed E-state index contributed by atoms with van der Waals surface area (Å²) in [6.07, 6.45) is -7.98. The number of aliphatic hydroxyl groups is 1. The average Bonchev–Trinajstić information content (AvgIpc) is 3.33. The second-order valence-corrected chi connectivity index (χ2v) is 13.6. The number of ether oxygens (including phenoxy) is 9. The number of carbonyl (C=O) groups excluding carboxylic acids is 1. The van der Waals surface area contributed by atoms with Crippen molar-refractivity contribution < 1.29 is 52.5 Å². The van der Waals surface area contributed by atoms with Gasteiger partial charge in [-0.15, -0.1) is 0 Å². The molecule has 11 heteroatoms. The third-order valence-electron chi connectivity index (χ3n) is 9.85. The molecule has 4 aliphatic rings. The normalized spacial score (nSPS) is 44.7. The van der Waals surface area contributed by atoms with Crippen molar-refractivity contribution in [2.24, 2.45) is 17.8 Å². The van der Waals surface area contributed by atoms with Gasteiger partial charge in [-0.25, -0.2) is 0 Å². The van der Waals surface area contributed by atoms with Gasteiger partial charge in [0.15, 0.2) is 30.8 Å². The first-order valence-corrected chi connectivity index (χ1v) is 16.4. The zero-order chi connectivity index (χ0) is 32.6. The highest BCUT2D eigenvalue weighted by molar-refractivity contribution is 5.66. The fourth-order valence-electron chi connectivity index (χ4n) is 6.97. The first-order chi connectivity index (χ1) is 21.3. The van der Waals surface area contributed by atoms with E-state index in [1.54, 1.807) is 6.92 Å². The van der Waals surface area contributed by atoms with Crippen LogP contribution in [0.1, 0.15) is 74.3 Å². The van der Waals surface area contributed by atoms with Crippen LogP contribution in [0.5, 0.6) is 0 Å². The van der Waals surface area contributed by atoms with Crippen LogP contribution in [0, 0.1) is 17.8 Å². The van der Waals surface area contributed by atoms with Gasteiger partial charge in [-0.3, -0.25) is 4.79 Å². The van der Waals surface area contributed by atoms with Gasteiger partial charge in [0.05, 0.1) is 24.9 Å². The molecule has 0 aliphatic carbocycles. The first kappa shape index (κ1) is 34.7. The molecule has 0 spiro atoms. The van der Waals surface area contributed by atoms with Crippen LogP contribution in [0.2, 0.25) is 0 Å². The first-order valence-electron chi connectivity index (χ1n) is 16.4. The fraction of sp³-hybridized carbons (Fsp3) is 0.794. The predicted molar refractivity (Wildman–Crippen MR) is 161 cm³/mol. The summed E-state index contributed by atoms with van der Waals surface area (Å²) in [5.41, 5.74) is 0.964. The summed E-state index contributed by atoms with van der Waals surface area (Å²) in [4.78, 5) is 12.5. The Bertz CT molecular complexity index is 1110. The molecule has 5 rings (SSSR count). The van der Waals surface area contributed by atoms with E-state index in [0.29, 0.717) is 11.8 Å². The highest BCUT2D eigenvalue weighted by Gasteiger charge is 2.58. The lowest BCUT2D eigenvalue weighted by atomic mass is 9.78. The van der Waals surface area contributed by atoms with E-state index < -0.39 is 73.4 Å². The van der Waals surface area contributed by atoms with Gasteiger partial charge in [0.1, 0.15) is 30.5 Å². The Morgan fingerprint density at radius 1 is 0.800 bits per heavy atom. The molecule has 254 valence electrons. The van der Waals surface area contributed by atoms with Crippen LogP contribution in [0.15, 0.2) is 30.3 Å². The summed E-state index contributed by atoms with van der Waals surface area (Å²) < 4.78 is 56.8. The van der Waals surface area contributed by atoms with E-state index in [1.165, 1.54) is 6.92 Å². The third-order valence-corrected chi connectivity index (χ3v) is 9.85. The van der Waals surface area contributed by atoms with E-state index in [4.69, 9.17) is 42.6 Å². The minimum atomic E-state index is -1.15. The molecule has 0 amide bonds. The van der Waals surface area contributed by atoms with E-state index in [-0.39, 0.29) is 24.7 Å². The highest BCUT2D eigenvalue weighted by Crippen LogP contribution is 2.42. The standard InChI is InChI=1S/C34H52O11/c1-10-24-18(3)17(2)19(4)31(41-24)42-27-25(36)20(5)38-33(29(27)40-22(7)35)43-30-28-26(44-34(8,9)45-28)21(6)39-32(30)37-16-23-14-12-11-13-15-23/h11-15,17-21,24-33,36H,10,16H2,1-9H3/t17-,18-,19?,20?,21?,24?,25-,26-,27-,28-,29?,30?,31-,32-,33-/m0/s1. The molecule has 15 atom stereocenters.